The molecular weight excluding hydrogens is 312 g/mol. The number of rotatable bonds is 7. The molecule has 25 heavy (non-hydrogen) atoms. The van der Waals surface area contributed by atoms with E-state index in [1.54, 1.807) is 0 Å². The minimum absolute atomic E-state index is 0.00435. The molecule has 1 amide bonds. The van der Waals surface area contributed by atoms with E-state index in [2.05, 4.69) is 47.5 Å². The van der Waals surface area contributed by atoms with Gasteiger partial charge in [-0.1, -0.05) is 0 Å². The van der Waals surface area contributed by atoms with E-state index in [0.717, 1.165) is 42.0 Å². The van der Waals surface area contributed by atoms with Gasteiger partial charge in [0, 0.05) is 17.2 Å². The summed E-state index contributed by atoms with van der Waals surface area (Å²) < 4.78 is 2.16. The lowest BCUT2D eigenvalue weighted by Gasteiger charge is -2.27. The molecule has 5 heteroatoms. The van der Waals surface area contributed by atoms with Crippen LogP contribution in [-0.2, 0) is 0 Å². The molecule has 0 spiro atoms. The third-order valence-corrected chi connectivity index (χ3v) is 5.01. The monoisotopic (exact) mass is 342 g/mol. The van der Waals surface area contributed by atoms with Gasteiger partial charge in [-0.15, -0.1) is 0 Å². The van der Waals surface area contributed by atoms with Gasteiger partial charge in [0.25, 0.3) is 5.91 Å². The molecule has 2 aromatic heterocycles. The maximum atomic E-state index is 12.9. The fourth-order valence-corrected chi connectivity index (χ4v) is 3.42. The van der Waals surface area contributed by atoms with Crippen LogP contribution in [0.2, 0.25) is 0 Å². The van der Waals surface area contributed by atoms with Crippen LogP contribution >= 0.6 is 0 Å². The van der Waals surface area contributed by atoms with E-state index < -0.39 is 0 Å². The van der Waals surface area contributed by atoms with E-state index in [4.69, 9.17) is 0 Å². The molecule has 2 heterocycles. The molecule has 1 N–H and O–H groups in total. The van der Waals surface area contributed by atoms with Gasteiger partial charge in [0.15, 0.2) is 0 Å². The first kappa shape index (κ1) is 17.9. The standard InChI is InChI=1S/C20H30N4O/c1-14-17(19(25)22-20(2,3)11-6-12-23(4)5)10-9-16-13-21-18(24(14)16)15-7-8-15/h9-10,13,15H,6-8,11-12H2,1-5H3,(H,22,25). The summed E-state index contributed by atoms with van der Waals surface area (Å²) in [5, 5.41) is 3.22. The minimum Gasteiger partial charge on any atom is -0.347 e. The Hall–Kier alpha value is -1.88. The molecule has 0 bridgehead atoms. The van der Waals surface area contributed by atoms with Crippen LogP contribution in [0.4, 0.5) is 0 Å². The predicted octanol–water partition coefficient (Wildman–Crippen LogP) is 3.37. The minimum atomic E-state index is -0.219. The van der Waals surface area contributed by atoms with Crippen LogP contribution in [0.5, 0.6) is 0 Å². The number of fused-ring (bicyclic) bond motifs is 1. The molecule has 1 aliphatic rings. The first-order chi connectivity index (χ1) is 11.8. The predicted molar refractivity (Wildman–Crippen MR) is 101 cm³/mol. The van der Waals surface area contributed by atoms with Crippen LogP contribution in [-0.4, -0.2) is 46.4 Å². The molecule has 0 aromatic carbocycles. The number of imidazole rings is 1. The van der Waals surface area contributed by atoms with Crippen molar-refractivity contribution in [3.8, 4) is 0 Å². The normalized spacial score (nSPS) is 15.1. The first-order valence-corrected chi connectivity index (χ1v) is 9.23. The quantitative estimate of drug-likeness (QED) is 0.839. The van der Waals surface area contributed by atoms with Gasteiger partial charge in [-0.3, -0.25) is 9.20 Å². The van der Waals surface area contributed by atoms with E-state index in [-0.39, 0.29) is 11.4 Å². The number of nitrogens with zero attached hydrogens (tertiary/aromatic N) is 3. The molecule has 136 valence electrons. The highest BCUT2D eigenvalue weighted by Gasteiger charge is 2.29. The summed E-state index contributed by atoms with van der Waals surface area (Å²) in [5.74, 6) is 1.67. The molecule has 5 nitrogen and oxygen atoms in total. The summed E-state index contributed by atoms with van der Waals surface area (Å²) in [5.41, 5.74) is 2.58. The largest absolute Gasteiger partial charge is 0.347 e. The summed E-state index contributed by atoms with van der Waals surface area (Å²) in [6.45, 7) is 7.25. The van der Waals surface area contributed by atoms with E-state index in [1.165, 1.54) is 12.8 Å². The molecule has 0 aliphatic heterocycles. The molecule has 2 aromatic rings. The Balaban J connectivity index is 1.77. The molecule has 0 radical (unpaired) electrons. The highest BCUT2D eigenvalue weighted by Crippen LogP contribution is 2.39. The van der Waals surface area contributed by atoms with Crippen molar-refractivity contribution in [3.05, 3.63) is 35.4 Å². The zero-order valence-electron chi connectivity index (χ0n) is 16.1. The number of aryl methyl sites for hydroxylation is 1. The van der Waals surface area contributed by atoms with E-state index in [0.29, 0.717) is 5.92 Å². The van der Waals surface area contributed by atoms with E-state index in [9.17, 15) is 4.79 Å². The summed E-state index contributed by atoms with van der Waals surface area (Å²) in [6.07, 6.45) is 6.33. The van der Waals surface area contributed by atoms with E-state index in [1.807, 2.05) is 25.3 Å². The fraction of sp³-hybridized carbons (Fsp3) is 0.600. The second-order valence-corrected chi connectivity index (χ2v) is 8.23. The van der Waals surface area contributed by atoms with Crippen molar-refractivity contribution in [3.63, 3.8) is 0 Å². The fourth-order valence-electron chi connectivity index (χ4n) is 3.42. The second-order valence-electron chi connectivity index (χ2n) is 8.23. The number of nitrogens with one attached hydrogen (secondary N) is 1. The van der Waals surface area contributed by atoms with Crippen molar-refractivity contribution >= 4 is 11.4 Å². The number of carbonyl (C=O) groups is 1. The average Bonchev–Trinajstić information content (AvgIpc) is 3.25. The highest BCUT2D eigenvalue weighted by atomic mass is 16.1. The van der Waals surface area contributed by atoms with Gasteiger partial charge >= 0.3 is 0 Å². The lowest BCUT2D eigenvalue weighted by atomic mass is 9.97. The van der Waals surface area contributed by atoms with Crippen molar-refractivity contribution in [2.24, 2.45) is 0 Å². The molecule has 1 fully saturated rings. The number of aromatic nitrogens is 2. The van der Waals surface area contributed by atoms with Gasteiger partial charge in [0.05, 0.1) is 17.3 Å². The van der Waals surface area contributed by atoms with Crippen molar-refractivity contribution in [1.82, 2.24) is 19.6 Å². The van der Waals surface area contributed by atoms with Crippen LogP contribution in [0.15, 0.2) is 18.3 Å². The molecule has 1 saturated carbocycles. The Morgan fingerprint density at radius 3 is 2.72 bits per heavy atom. The Morgan fingerprint density at radius 2 is 2.08 bits per heavy atom. The van der Waals surface area contributed by atoms with Crippen molar-refractivity contribution in [2.45, 2.75) is 57.9 Å². The zero-order valence-corrected chi connectivity index (χ0v) is 16.1. The Bertz CT molecular complexity index is 771. The highest BCUT2D eigenvalue weighted by molar-refractivity contribution is 5.96. The van der Waals surface area contributed by atoms with Gasteiger partial charge in [-0.05, 0) is 79.2 Å². The summed E-state index contributed by atoms with van der Waals surface area (Å²) >= 11 is 0. The zero-order chi connectivity index (χ0) is 18.2. The third-order valence-electron chi connectivity index (χ3n) is 5.01. The van der Waals surface area contributed by atoms with Gasteiger partial charge in [-0.25, -0.2) is 4.98 Å². The maximum Gasteiger partial charge on any atom is 0.253 e. The van der Waals surface area contributed by atoms with Crippen LogP contribution in [0.1, 0.15) is 67.3 Å². The van der Waals surface area contributed by atoms with Gasteiger partial charge in [-0.2, -0.15) is 0 Å². The Kier molecular flexibility index (Phi) is 4.87. The summed E-state index contributed by atoms with van der Waals surface area (Å²) in [4.78, 5) is 19.6. The number of carbonyl (C=O) groups excluding carboxylic acids is 1. The molecule has 0 saturated heterocycles. The molecule has 0 atom stereocenters. The van der Waals surface area contributed by atoms with Crippen LogP contribution in [0.25, 0.3) is 5.52 Å². The lowest BCUT2D eigenvalue weighted by molar-refractivity contribution is 0.0906. The number of hydrogen-bond donors (Lipinski definition) is 1. The Labute approximate surface area is 150 Å². The SMILES string of the molecule is Cc1c(C(=O)NC(C)(C)CCCN(C)C)ccc2cnc(C3CC3)n12. The van der Waals surface area contributed by atoms with Gasteiger partial charge < -0.3 is 10.2 Å². The van der Waals surface area contributed by atoms with Crippen LogP contribution in [0.3, 0.4) is 0 Å². The number of amides is 1. The van der Waals surface area contributed by atoms with Crippen LogP contribution < -0.4 is 5.32 Å². The number of hydrogen-bond acceptors (Lipinski definition) is 3. The van der Waals surface area contributed by atoms with E-state index >= 15 is 0 Å². The molecule has 0 unspecified atom stereocenters. The summed E-state index contributed by atoms with van der Waals surface area (Å²) in [7, 11) is 4.15. The van der Waals surface area contributed by atoms with Crippen molar-refractivity contribution in [2.75, 3.05) is 20.6 Å². The smallest absolute Gasteiger partial charge is 0.253 e. The molecule has 1 aliphatic carbocycles. The van der Waals surface area contributed by atoms with Gasteiger partial charge in [0.1, 0.15) is 5.82 Å². The Morgan fingerprint density at radius 1 is 1.36 bits per heavy atom. The molecular formula is C20H30N4O. The maximum absolute atomic E-state index is 12.9. The average molecular weight is 342 g/mol. The lowest BCUT2D eigenvalue weighted by Crippen LogP contribution is -2.44. The van der Waals surface area contributed by atoms with Crippen molar-refractivity contribution < 1.29 is 4.79 Å². The molecule has 3 rings (SSSR count). The van der Waals surface area contributed by atoms with Crippen LogP contribution in [0, 0.1) is 6.92 Å². The first-order valence-electron chi connectivity index (χ1n) is 9.23. The third kappa shape index (κ3) is 4.03. The summed E-state index contributed by atoms with van der Waals surface area (Å²) in [6, 6.07) is 3.92. The number of pyridine rings is 1. The van der Waals surface area contributed by atoms with Crippen molar-refractivity contribution in [1.29, 1.82) is 0 Å². The van der Waals surface area contributed by atoms with Gasteiger partial charge in [0.2, 0.25) is 0 Å². The topological polar surface area (TPSA) is 49.6 Å². The second kappa shape index (κ2) is 6.79.